The van der Waals surface area contributed by atoms with E-state index in [1.807, 2.05) is 0 Å². The Kier molecular flexibility index (Phi) is 18.1. The van der Waals surface area contributed by atoms with Crippen molar-refractivity contribution in [2.24, 2.45) is 30.7 Å². The first kappa shape index (κ1) is 60.2. The van der Waals surface area contributed by atoms with Crippen LogP contribution in [0.3, 0.4) is 0 Å². The predicted molar refractivity (Wildman–Crippen MR) is 270 cm³/mol. The normalized spacial score (nSPS) is 12.2. The van der Waals surface area contributed by atoms with Crippen molar-refractivity contribution in [3.05, 3.63) is 145 Å². The third kappa shape index (κ3) is 13.8. The van der Waals surface area contributed by atoms with E-state index in [1.54, 1.807) is 0 Å². The van der Waals surface area contributed by atoms with Crippen molar-refractivity contribution in [3.8, 4) is 23.0 Å². The van der Waals surface area contributed by atoms with E-state index in [-0.39, 0.29) is 113 Å². The van der Waals surface area contributed by atoms with Crippen LogP contribution in [-0.4, -0.2) is 77.3 Å². The summed E-state index contributed by atoms with van der Waals surface area (Å²) in [6, 6.07) is 27.2. The summed E-state index contributed by atoms with van der Waals surface area (Å²) in [7, 11) is -17.9. The molecule has 8 aromatic carbocycles. The number of sulfone groups is 2. The monoisotopic (exact) mass is 1150 g/mol. The van der Waals surface area contributed by atoms with Crippen LogP contribution in [0.2, 0.25) is 0 Å². The average molecular weight is 1150 g/mol. The van der Waals surface area contributed by atoms with Gasteiger partial charge in [-0.15, -0.1) is 10.2 Å². The topological polar surface area (TPSA) is 396 Å². The molecule has 0 heterocycles. The summed E-state index contributed by atoms with van der Waals surface area (Å²) in [6.45, 7) is 0. The first-order chi connectivity index (χ1) is 35.6. The Morgan fingerprint density at radius 1 is 0.449 bits per heavy atom. The maximum atomic E-state index is 13.3. The van der Waals surface area contributed by atoms with Gasteiger partial charge >= 0.3 is 59.1 Å². The molecule has 0 aliphatic heterocycles. The van der Waals surface area contributed by atoms with E-state index in [2.05, 4.69) is 41.3 Å². The number of nitrogens with zero attached hydrogens (tertiary/aromatic N) is 6. The summed E-state index contributed by atoms with van der Waals surface area (Å²) in [6.07, 6.45) is 1.78. The van der Waals surface area contributed by atoms with Crippen LogP contribution in [0, 0.1) is 0 Å². The quantitative estimate of drug-likeness (QED) is 0.0518. The fourth-order valence-corrected chi connectivity index (χ4v) is 10.2. The van der Waals surface area contributed by atoms with Crippen LogP contribution in [0.4, 0.5) is 45.5 Å². The predicted octanol–water partition coefficient (Wildman–Crippen LogP) is 2.61. The molecule has 0 atom stereocenters. The van der Waals surface area contributed by atoms with Crippen molar-refractivity contribution in [3.63, 3.8) is 0 Å². The van der Waals surface area contributed by atoms with Crippen molar-refractivity contribution in [2.45, 2.75) is 19.6 Å². The van der Waals surface area contributed by atoms with Gasteiger partial charge in [0.15, 0.2) is 19.7 Å². The number of amides is 2. The Bertz CT molecular complexity index is 4050. The molecule has 2 amide bonds. The molecular formula is C48H34N8Na2O16S4. The second kappa shape index (κ2) is 23.5. The zero-order valence-corrected chi connectivity index (χ0v) is 48.0. The smallest absolute Gasteiger partial charge is 0.871 e. The van der Waals surface area contributed by atoms with Crippen molar-refractivity contribution >= 4 is 119 Å². The standard InChI is InChI=1S/C48H36N8O16S4.2Na/c1-73(63,64)33-15-17-39(57)37(23-33)53-55-43-41(59)19-27-7-13-31(21-35(27)45(43)75(67,68)69)49-47(61)25-3-9-29(10-4-25)51-52-30-11-5-26(6-12-30)48(62)50-32-14-8-28-20-42(60)44(46(36(28)22-32)76(70,71)72)56-54-38-24-34(74(2,65)66)16-18-40(38)58;;/h3-24,57-60H,1-2H3,(H,49,61)(H,50,62)(H,67,68,69)(H,70,71,72);;/q;2*+1/p-2. The van der Waals surface area contributed by atoms with Gasteiger partial charge in [-0.1, -0.05) is 35.8 Å². The number of benzene rings is 8. The minimum atomic E-state index is -5.19. The molecule has 0 saturated heterocycles. The molecular weight excluding hydrogens is 1120 g/mol. The minimum Gasteiger partial charge on any atom is -0.871 e. The Balaban J connectivity index is 0.00000492. The SMILES string of the molecule is CS(=O)(=O)c1ccc([O-])c(N=Nc2c(O)cc3ccc(NC(=O)c4ccc(N=Nc5ccc(C(=O)Nc6ccc7cc(O)c(N=Nc8cc(S(C)(=O)=O)ccc8[O-])c(S(=O)(=O)O)c7c6)cc5)cc4)cc3c2S(=O)(=O)O)c1.[Na+].[Na+]. The van der Waals surface area contributed by atoms with Crippen LogP contribution in [0.5, 0.6) is 23.0 Å². The van der Waals surface area contributed by atoms with Crippen LogP contribution < -0.4 is 80.0 Å². The molecule has 78 heavy (non-hydrogen) atoms. The third-order valence-corrected chi connectivity index (χ3v) is 15.0. The number of carbonyl (C=O) groups is 2. The summed E-state index contributed by atoms with van der Waals surface area (Å²) >= 11 is 0. The number of carbonyl (C=O) groups excluding carboxylic acids is 2. The van der Waals surface area contributed by atoms with Gasteiger partial charge in [-0.2, -0.15) is 37.3 Å². The van der Waals surface area contributed by atoms with Gasteiger partial charge in [-0.05, 0) is 120 Å². The van der Waals surface area contributed by atoms with Crippen LogP contribution in [0.25, 0.3) is 21.5 Å². The van der Waals surface area contributed by atoms with Crippen molar-refractivity contribution < 1.29 is 132 Å². The molecule has 0 bridgehead atoms. The number of hydrogen-bond acceptors (Lipinski definition) is 20. The third-order valence-electron chi connectivity index (χ3n) is 10.9. The molecule has 0 aromatic heterocycles. The van der Waals surface area contributed by atoms with Crippen molar-refractivity contribution in [2.75, 3.05) is 23.1 Å². The van der Waals surface area contributed by atoms with Crippen molar-refractivity contribution in [1.82, 2.24) is 0 Å². The largest absolute Gasteiger partial charge is 1.00 e. The fourth-order valence-electron chi connectivity index (χ4n) is 7.25. The van der Waals surface area contributed by atoms with Gasteiger partial charge in [0.2, 0.25) is 0 Å². The Morgan fingerprint density at radius 3 is 1.12 bits per heavy atom. The van der Waals surface area contributed by atoms with E-state index in [1.165, 1.54) is 84.9 Å². The molecule has 0 saturated carbocycles. The molecule has 388 valence electrons. The van der Waals surface area contributed by atoms with Crippen LogP contribution in [-0.2, 0) is 39.9 Å². The zero-order chi connectivity index (χ0) is 55.1. The number of nitrogens with one attached hydrogen (secondary N) is 2. The van der Waals surface area contributed by atoms with E-state index >= 15 is 0 Å². The number of phenolic OH excluding ortho intramolecular Hbond substituents is 2. The number of phenols is 2. The summed E-state index contributed by atoms with van der Waals surface area (Å²) in [5.74, 6) is -4.42. The van der Waals surface area contributed by atoms with Gasteiger partial charge in [0.25, 0.3) is 32.1 Å². The van der Waals surface area contributed by atoms with E-state index in [4.69, 9.17) is 0 Å². The van der Waals surface area contributed by atoms with Gasteiger partial charge in [0.1, 0.15) is 32.7 Å². The zero-order valence-electron chi connectivity index (χ0n) is 40.7. The number of azo groups is 3. The summed E-state index contributed by atoms with van der Waals surface area (Å²) in [5.41, 5.74) is -1.67. The molecule has 8 aromatic rings. The Hall–Kier alpha value is -7.06. The molecule has 30 heteroatoms. The first-order valence-corrected chi connectivity index (χ1v) is 27.9. The second-order valence-corrected chi connectivity index (χ2v) is 23.1. The Labute approximate surface area is 487 Å². The average Bonchev–Trinajstić information content (AvgIpc) is 3.35. The minimum absolute atomic E-state index is 0. The Morgan fingerprint density at radius 2 is 0.795 bits per heavy atom. The van der Waals surface area contributed by atoms with Gasteiger partial charge in [-0.3, -0.25) is 18.7 Å². The molecule has 0 unspecified atom stereocenters. The molecule has 0 fully saturated rings. The molecule has 0 spiro atoms. The molecule has 24 nitrogen and oxygen atoms in total. The van der Waals surface area contributed by atoms with Crippen LogP contribution >= 0.6 is 0 Å². The first-order valence-electron chi connectivity index (χ1n) is 21.3. The molecule has 6 N–H and O–H groups in total. The van der Waals surface area contributed by atoms with E-state index in [0.717, 1.165) is 61.0 Å². The van der Waals surface area contributed by atoms with Gasteiger partial charge in [-0.25, -0.2) is 16.8 Å². The second-order valence-electron chi connectivity index (χ2n) is 16.4. The van der Waals surface area contributed by atoms with E-state index < -0.39 is 107 Å². The van der Waals surface area contributed by atoms with Crippen LogP contribution in [0.1, 0.15) is 20.7 Å². The van der Waals surface area contributed by atoms with Crippen molar-refractivity contribution in [1.29, 1.82) is 0 Å². The number of aromatic hydroxyl groups is 2. The molecule has 0 aliphatic carbocycles. The molecule has 0 radical (unpaired) electrons. The summed E-state index contributed by atoms with van der Waals surface area (Å²) in [4.78, 5) is 24.2. The number of hydrogen-bond donors (Lipinski definition) is 6. The van der Waals surface area contributed by atoms with Crippen LogP contribution in [0.15, 0.2) is 184 Å². The maximum absolute atomic E-state index is 13.3. The molecule has 0 aliphatic rings. The van der Waals surface area contributed by atoms with E-state index in [0.29, 0.717) is 11.4 Å². The van der Waals surface area contributed by atoms with E-state index in [9.17, 15) is 72.8 Å². The number of anilines is 2. The molecule has 8 rings (SSSR count). The fraction of sp³-hybridized carbons (Fsp3) is 0.0417. The van der Waals surface area contributed by atoms with Gasteiger partial charge in [0, 0.05) is 45.8 Å². The number of rotatable bonds is 14. The number of fused-ring (bicyclic) bond motifs is 2. The maximum Gasteiger partial charge on any atom is 1.00 e. The summed E-state index contributed by atoms with van der Waals surface area (Å²) in [5, 5.41) is 74.2. The van der Waals surface area contributed by atoms with Gasteiger partial charge < -0.3 is 31.1 Å². The summed E-state index contributed by atoms with van der Waals surface area (Å²) < 4.78 is 119. The van der Waals surface area contributed by atoms with Gasteiger partial charge in [0.05, 0.1) is 32.5 Å².